The van der Waals surface area contributed by atoms with Crippen LogP contribution >= 0.6 is 24.1 Å². The first kappa shape index (κ1) is 25.7. The van der Waals surface area contributed by atoms with Gasteiger partial charge in [0.2, 0.25) is 5.75 Å². The molecule has 0 unspecified atom stereocenters. The number of ether oxygens (including phenoxy) is 2. The van der Waals surface area contributed by atoms with Crippen molar-refractivity contribution in [2.75, 3.05) is 31.0 Å². The Labute approximate surface area is 197 Å². The minimum Gasteiger partial charge on any atom is -0.493 e. The predicted molar refractivity (Wildman–Crippen MR) is 131 cm³/mol. The van der Waals surface area contributed by atoms with E-state index in [1.54, 1.807) is 24.3 Å². The number of rotatable bonds is 13. The Kier molecular flexibility index (Phi) is 10.1. The van der Waals surface area contributed by atoms with Gasteiger partial charge in [0, 0.05) is 34.7 Å². The van der Waals surface area contributed by atoms with E-state index in [-0.39, 0.29) is 11.6 Å². The van der Waals surface area contributed by atoms with Gasteiger partial charge in [0.05, 0.1) is 44.0 Å². The highest BCUT2D eigenvalue weighted by molar-refractivity contribution is 7.95. The Hall–Kier alpha value is -2.52. The third kappa shape index (κ3) is 6.49. The lowest BCUT2D eigenvalue weighted by atomic mass is 10.1. The number of nitrogens with one attached hydrogen (secondary N) is 1. The van der Waals surface area contributed by atoms with Crippen LogP contribution in [0.3, 0.4) is 0 Å². The molecule has 0 spiro atoms. The number of methoxy groups -OCH3 is 2. The van der Waals surface area contributed by atoms with Crippen molar-refractivity contribution in [3.63, 3.8) is 0 Å². The summed E-state index contributed by atoms with van der Waals surface area (Å²) in [4.78, 5) is 24.1. The number of carbonyl (C=O) groups is 2. The van der Waals surface area contributed by atoms with E-state index in [1.165, 1.54) is 52.2 Å². The number of Topliss-reactive ketones (excluding diaryl/α,β-unsaturated/α-hetero) is 2. The third-order valence-electron chi connectivity index (χ3n) is 4.43. The van der Waals surface area contributed by atoms with Gasteiger partial charge in [-0.1, -0.05) is 13.8 Å². The first-order chi connectivity index (χ1) is 15.4. The zero-order chi connectivity index (χ0) is 23.7. The molecule has 0 atom stereocenters. The lowest BCUT2D eigenvalue weighted by molar-refractivity contribution is 0.100. The fraction of sp³-hybridized carbons (Fsp3) is 0.391. The number of carbonyl (C=O) groups excluding carboxylic acids is 2. The van der Waals surface area contributed by atoms with Crippen molar-refractivity contribution in [1.82, 2.24) is 0 Å². The Balaban J connectivity index is 2.51. The van der Waals surface area contributed by atoms with Crippen molar-refractivity contribution in [3.8, 4) is 23.0 Å². The summed E-state index contributed by atoms with van der Waals surface area (Å²) in [5.74, 6) is 3.27. The molecule has 0 aliphatic rings. The van der Waals surface area contributed by atoms with Gasteiger partial charge in [-0.25, -0.2) is 0 Å². The maximum atomic E-state index is 12.0. The summed E-state index contributed by atoms with van der Waals surface area (Å²) in [6.45, 7) is 7.25. The molecule has 0 radical (unpaired) electrons. The van der Waals surface area contributed by atoms with Crippen molar-refractivity contribution in [2.24, 2.45) is 0 Å². The summed E-state index contributed by atoms with van der Waals surface area (Å²) in [6, 6.07) is 6.83. The van der Waals surface area contributed by atoms with Crippen LogP contribution in [0.1, 0.15) is 54.0 Å². The van der Waals surface area contributed by atoms with Crippen LogP contribution in [0.4, 0.5) is 5.69 Å². The van der Waals surface area contributed by atoms with Crippen molar-refractivity contribution in [2.45, 2.75) is 34.2 Å². The smallest absolute Gasteiger partial charge is 0.202 e. The average Bonchev–Trinajstić information content (AvgIpc) is 2.79. The van der Waals surface area contributed by atoms with Crippen LogP contribution in [-0.2, 0) is 6.54 Å². The van der Waals surface area contributed by atoms with E-state index in [9.17, 15) is 9.59 Å². The molecule has 7 nitrogen and oxygen atoms in total. The molecule has 0 fully saturated rings. The van der Waals surface area contributed by atoms with E-state index in [4.69, 9.17) is 17.8 Å². The second kappa shape index (κ2) is 12.5. The molecule has 0 bridgehead atoms. The van der Waals surface area contributed by atoms with Crippen molar-refractivity contribution in [1.29, 1.82) is 0 Å². The van der Waals surface area contributed by atoms with Crippen molar-refractivity contribution < 1.29 is 27.4 Å². The highest BCUT2D eigenvalue weighted by Crippen LogP contribution is 2.41. The molecule has 0 heterocycles. The number of ketones is 2. The maximum absolute atomic E-state index is 12.0. The Morgan fingerprint density at radius 1 is 0.812 bits per heavy atom. The first-order valence-corrected chi connectivity index (χ1v) is 12.0. The molecule has 174 valence electrons. The van der Waals surface area contributed by atoms with Crippen molar-refractivity contribution in [3.05, 3.63) is 41.0 Å². The summed E-state index contributed by atoms with van der Waals surface area (Å²) in [7, 11) is 3.07. The van der Waals surface area contributed by atoms with Crippen LogP contribution in [0.15, 0.2) is 24.3 Å². The van der Waals surface area contributed by atoms with Crippen LogP contribution in [0.5, 0.6) is 23.0 Å². The molecule has 0 saturated carbocycles. The predicted octanol–water partition coefficient (Wildman–Crippen LogP) is 5.81. The van der Waals surface area contributed by atoms with Gasteiger partial charge in [0.1, 0.15) is 0 Å². The highest BCUT2D eigenvalue weighted by atomic mass is 32.2. The third-order valence-corrected chi connectivity index (χ3v) is 5.47. The van der Waals surface area contributed by atoms with E-state index < -0.39 is 0 Å². The van der Waals surface area contributed by atoms with E-state index in [1.807, 2.05) is 13.8 Å². The van der Waals surface area contributed by atoms with Gasteiger partial charge in [-0.15, -0.1) is 0 Å². The second-order valence-electron chi connectivity index (χ2n) is 6.67. The topological polar surface area (TPSA) is 83.1 Å². The van der Waals surface area contributed by atoms with E-state index in [0.717, 1.165) is 17.1 Å². The molecule has 0 amide bonds. The van der Waals surface area contributed by atoms with E-state index >= 15 is 0 Å². The fourth-order valence-corrected chi connectivity index (χ4v) is 3.67. The number of hydrogen-bond acceptors (Lipinski definition) is 9. The first-order valence-electron chi connectivity index (χ1n) is 10.1. The molecule has 0 saturated heterocycles. The Bertz CT molecular complexity index is 886. The minimum absolute atomic E-state index is 0.0807. The Morgan fingerprint density at radius 3 is 1.81 bits per heavy atom. The van der Waals surface area contributed by atoms with Crippen LogP contribution in [0.2, 0.25) is 0 Å². The monoisotopic (exact) mass is 479 g/mol. The molecule has 2 aromatic rings. The summed E-state index contributed by atoms with van der Waals surface area (Å²) in [5.41, 5.74) is 2.33. The number of anilines is 1. The summed E-state index contributed by atoms with van der Waals surface area (Å²) < 4.78 is 22.6. The Morgan fingerprint density at radius 2 is 1.31 bits per heavy atom. The zero-order valence-corrected chi connectivity index (χ0v) is 20.8. The highest BCUT2D eigenvalue weighted by Gasteiger charge is 2.19. The molecular formula is C23H29NO6S2. The normalized spacial score (nSPS) is 10.4. The molecule has 0 aliphatic heterocycles. The summed E-state index contributed by atoms with van der Waals surface area (Å²) >= 11 is 2.55. The standard InChI is InChI=1S/C23H29NO6S2/c1-7-31-29-22-18(9-16(14(3)25)11-20(22)27-5)13-24-19-10-17(15(4)26)12-21(28-6)23(19)30-32-8-2/h9-12,24H,7-8,13H2,1-6H3. The molecular weight excluding hydrogens is 450 g/mol. The van der Waals surface area contributed by atoms with Crippen LogP contribution < -0.4 is 23.2 Å². The molecule has 1 N–H and O–H groups in total. The zero-order valence-electron chi connectivity index (χ0n) is 19.2. The molecule has 2 rings (SSSR count). The summed E-state index contributed by atoms with van der Waals surface area (Å²) in [6.07, 6.45) is 0. The van der Waals surface area contributed by atoms with Gasteiger partial charge in [-0.3, -0.25) is 9.59 Å². The van der Waals surface area contributed by atoms with Gasteiger partial charge >= 0.3 is 0 Å². The quantitative estimate of drug-likeness (QED) is 0.282. The maximum Gasteiger partial charge on any atom is 0.202 e. The van der Waals surface area contributed by atoms with Gasteiger partial charge in [0.25, 0.3) is 0 Å². The molecule has 0 aromatic heterocycles. The van der Waals surface area contributed by atoms with Gasteiger partial charge in [-0.2, -0.15) is 0 Å². The molecule has 9 heteroatoms. The molecule has 32 heavy (non-hydrogen) atoms. The second-order valence-corrected chi connectivity index (χ2v) is 8.63. The van der Waals surface area contributed by atoms with Crippen LogP contribution in [0.25, 0.3) is 0 Å². The van der Waals surface area contributed by atoms with Gasteiger partial charge in [-0.05, 0) is 38.1 Å². The fourth-order valence-electron chi connectivity index (χ4n) is 2.84. The lowest BCUT2D eigenvalue weighted by Crippen LogP contribution is -2.07. The van der Waals surface area contributed by atoms with Crippen LogP contribution in [-0.4, -0.2) is 37.3 Å². The molecule has 2 aromatic carbocycles. The van der Waals surface area contributed by atoms with Crippen molar-refractivity contribution >= 4 is 41.3 Å². The molecule has 0 aliphatic carbocycles. The number of hydrogen-bond donors (Lipinski definition) is 1. The van der Waals surface area contributed by atoms with Gasteiger partial charge in [0.15, 0.2) is 28.8 Å². The largest absolute Gasteiger partial charge is 0.493 e. The van der Waals surface area contributed by atoms with Gasteiger partial charge < -0.3 is 23.2 Å². The van der Waals surface area contributed by atoms with E-state index in [2.05, 4.69) is 5.32 Å². The van der Waals surface area contributed by atoms with E-state index in [0.29, 0.717) is 46.4 Å². The SMILES string of the molecule is CCSOc1c(CNc2cc(C(C)=O)cc(OC)c2OSCC)cc(C(C)=O)cc1OC. The number of benzene rings is 2. The van der Waals surface area contributed by atoms with Crippen LogP contribution in [0, 0.1) is 0 Å². The average molecular weight is 480 g/mol. The minimum atomic E-state index is -0.0929. The lowest BCUT2D eigenvalue weighted by Gasteiger charge is -2.19. The summed E-state index contributed by atoms with van der Waals surface area (Å²) in [5, 5.41) is 3.32.